The van der Waals surface area contributed by atoms with Crippen LogP contribution in [0.5, 0.6) is 0 Å². The standard InChI is InChI=1S/C5H10N2O5/c1-3-5(4(2)8,6(9)10)7(11)12/h4,8H,3H2,1-2H3. The average Bonchev–Trinajstić information content (AvgIpc) is 1.86. The first-order valence-electron chi connectivity index (χ1n) is 3.36. The summed E-state index contributed by atoms with van der Waals surface area (Å²) in [5, 5.41) is 29.6. The highest BCUT2D eigenvalue weighted by Gasteiger charge is 2.59. The van der Waals surface area contributed by atoms with Crippen molar-refractivity contribution in [3.8, 4) is 0 Å². The van der Waals surface area contributed by atoms with E-state index in [1.165, 1.54) is 6.92 Å². The van der Waals surface area contributed by atoms with Gasteiger partial charge in [0.15, 0.2) is 6.10 Å². The van der Waals surface area contributed by atoms with Gasteiger partial charge in [-0.25, -0.2) is 0 Å². The fourth-order valence-corrected chi connectivity index (χ4v) is 0.925. The largest absolute Gasteiger partial charge is 0.482 e. The van der Waals surface area contributed by atoms with Gasteiger partial charge in [-0.2, -0.15) is 0 Å². The molecule has 7 nitrogen and oxygen atoms in total. The van der Waals surface area contributed by atoms with E-state index in [-0.39, 0.29) is 6.42 Å². The van der Waals surface area contributed by atoms with Crippen molar-refractivity contribution in [2.75, 3.05) is 0 Å². The number of aliphatic hydroxyl groups excluding tert-OH is 1. The van der Waals surface area contributed by atoms with E-state index >= 15 is 0 Å². The summed E-state index contributed by atoms with van der Waals surface area (Å²) in [6.07, 6.45) is -1.95. The number of hydrogen-bond donors (Lipinski definition) is 1. The van der Waals surface area contributed by atoms with Crippen LogP contribution in [0, 0.1) is 20.2 Å². The van der Waals surface area contributed by atoms with Gasteiger partial charge in [0, 0.05) is 0 Å². The van der Waals surface area contributed by atoms with E-state index in [2.05, 4.69) is 0 Å². The number of rotatable bonds is 4. The van der Waals surface area contributed by atoms with Gasteiger partial charge in [-0.05, 0) is 6.92 Å². The molecule has 1 N–H and O–H groups in total. The van der Waals surface area contributed by atoms with Crippen LogP contribution in [-0.4, -0.2) is 26.7 Å². The first-order valence-corrected chi connectivity index (χ1v) is 3.36. The fourth-order valence-electron chi connectivity index (χ4n) is 0.925. The van der Waals surface area contributed by atoms with Crippen LogP contribution in [0.15, 0.2) is 0 Å². The van der Waals surface area contributed by atoms with E-state index in [1.54, 1.807) is 0 Å². The van der Waals surface area contributed by atoms with Crippen LogP contribution in [0.3, 0.4) is 0 Å². The molecule has 0 aliphatic carbocycles. The molecule has 1 unspecified atom stereocenters. The van der Waals surface area contributed by atoms with Gasteiger partial charge in [-0.3, -0.25) is 20.2 Å². The van der Waals surface area contributed by atoms with E-state index in [0.29, 0.717) is 0 Å². The lowest BCUT2D eigenvalue weighted by molar-refractivity contribution is -0.806. The summed E-state index contributed by atoms with van der Waals surface area (Å²) < 4.78 is 0. The molecule has 70 valence electrons. The first-order chi connectivity index (χ1) is 5.39. The Morgan fingerprint density at radius 3 is 1.75 bits per heavy atom. The van der Waals surface area contributed by atoms with Crippen LogP contribution in [0.2, 0.25) is 0 Å². The highest BCUT2D eigenvalue weighted by atomic mass is 16.7. The highest BCUT2D eigenvalue weighted by molar-refractivity contribution is 4.71. The van der Waals surface area contributed by atoms with E-state index in [1.807, 2.05) is 0 Å². The molecule has 0 fully saturated rings. The second kappa shape index (κ2) is 3.44. The summed E-state index contributed by atoms with van der Waals surface area (Å²) in [5.74, 6) is 0. The molecule has 0 bridgehead atoms. The zero-order valence-corrected chi connectivity index (χ0v) is 6.76. The zero-order valence-electron chi connectivity index (χ0n) is 6.76. The van der Waals surface area contributed by atoms with Gasteiger partial charge in [-0.1, -0.05) is 6.92 Å². The van der Waals surface area contributed by atoms with Crippen LogP contribution in [-0.2, 0) is 0 Å². The van der Waals surface area contributed by atoms with Crippen molar-refractivity contribution in [3.05, 3.63) is 20.2 Å². The molecule has 0 aromatic carbocycles. The van der Waals surface area contributed by atoms with Gasteiger partial charge in [-0.15, -0.1) is 0 Å². The van der Waals surface area contributed by atoms with Gasteiger partial charge in [0.25, 0.3) is 0 Å². The number of nitro groups is 2. The average molecular weight is 178 g/mol. The highest BCUT2D eigenvalue weighted by Crippen LogP contribution is 2.20. The molecular formula is C5H10N2O5. The second-order valence-electron chi connectivity index (χ2n) is 2.42. The minimum atomic E-state index is -2.46. The molecular weight excluding hydrogens is 168 g/mol. The minimum Gasteiger partial charge on any atom is -0.379 e. The summed E-state index contributed by atoms with van der Waals surface area (Å²) in [5.41, 5.74) is -2.46. The van der Waals surface area contributed by atoms with Crippen molar-refractivity contribution < 1.29 is 15.0 Å². The summed E-state index contributed by atoms with van der Waals surface area (Å²) in [6.45, 7) is 2.33. The van der Waals surface area contributed by atoms with E-state index < -0.39 is 21.6 Å². The van der Waals surface area contributed by atoms with Crippen LogP contribution in [0.25, 0.3) is 0 Å². The van der Waals surface area contributed by atoms with Gasteiger partial charge >= 0.3 is 5.66 Å². The normalized spacial score (nSPS) is 13.9. The smallest absolute Gasteiger partial charge is 0.379 e. The van der Waals surface area contributed by atoms with Crippen LogP contribution in [0.1, 0.15) is 20.3 Å². The number of hydrogen-bond acceptors (Lipinski definition) is 5. The summed E-state index contributed by atoms with van der Waals surface area (Å²) >= 11 is 0. The van der Waals surface area contributed by atoms with Crippen LogP contribution in [0.4, 0.5) is 0 Å². The predicted octanol–water partition coefficient (Wildman–Crippen LogP) is 0.0269. The van der Waals surface area contributed by atoms with Crippen molar-refractivity contribution in [1.29, 1.82) is 0 Å². The minimum absolute atomic E-state index is 0.343. The summed E-state index contributed by atoms with van der Waals surface area (Å²) in [6, 6.07) is 0. The lowest BCUT2D eigenvalue weighted by Crippen LogP contribution is -2.54. The van der Waals surface area contributed by atoms with Crippen molar-refractivity contribution >= 4 is 0 Å². The lowest BCUT2D eigenvalue weighted by atomic mass is 10.0. The van der Waals surface area contributed by atoms with Gasteiger partial charge in [0.2, 0.25) is 0 Å². The second-order valence-corrected chi connectivity index (χ2v) is 2.42. The predicted molar refractivity (Wildman–Crippen MR) is 38.7 cm³/mol. The maximum absolute atomic E-state index is 10.3. The Bertz CT molecular complexity index is 188. The van der Waals surface area contributed by atoms with Crippen molar-refractivity contribution in [3.63, 3.8) is 0 Å². The Labute approximate surface area is 68.3 Å². The van der Waals surface area contributed by atoms with Crippen LogP contribution >= 0.6 is 0 Å². The lowest BCUT2D eigenvalue weighted by Gasteiger charge is -2.17. The first kappa shape index (κ1) is 10.8. The molecule has 0 aliphatic heterocycles. The molecule has 0 heterocycles. The van der Waals surface area contributed by atoms with E-state index in [4.69, 9.17) is 5.11 Å². The summed E-state index contributed by atoms with van der Waals surface area (Å²) in [4.78, 5) is 18.6. The van der Waals surface area contributed by atoms with Crippen molar-refractivity contribution in [2.24, 2.45) is 0 Å². The maximum atomic E-state index is 10.3. The van der Waals surface area contributed by atoms with Crippen molar-refractivity contribution in [2.45, 2.75) is 32.0 Å². The Balaban J connectivity index is 5.04. The molecule has 0 spiro atoms. The third kappa shape index (κ3) is 1.35. The Kier molecular flexibility index (Phi) is 3.08. The Morgan fingerprint density at radius 2 is 1.75 bits per heavy atom. The van der Waals surface area contributed by atoms with Gasteiger partial charge in [0.1, 0.15) is 9.85 Å². The van der Waals surface area contributed by atoms with Crippen LogP contribution < -0.4 is 0 Å². The van der Waals surface area contributed by atoms with Crippen molar-refractivity contribution in [1.82, 2.24) is 0 Å². The molecule has 0 radical (unpaired) electrons. The topological polar surface area (TPSA) is 107 Å². The van der Waals surface area contributed by atoms with E-state index in [9.17, 15) is 20.2 Å². The monoisotopic (exact) mass is 178 g/mol. The maximum Gasteiger partial charge on any atom is 0.482 e. The SMILES string of the molecule is CCC(C(C)O)([N+](=O)[O-])[N+](=O)[O-]. The Hall–Kier alpha value is -1.24. The molecule has 12 heavy (non-hydrogen) atoms. The zero-order chi connectivity index (χ0) is 9.94. The number of nitrogens with zero attached hydrogens (tertiary/aromatic N) is 2. The molecule has 0 aliphatic rings. The molecule has 0 amide bonds. The molecule has 0 saturated carbocycles. The summed E-state index contributed by atoms with van der Waals surface area (Å²) in [7, 11) is 0. The number of aliphatic hydroxyl groups is 1. The van der Waals surface area contributed by atoms with E-state index in [0.717, 1.165) is 6.92 Å². The molecule has 0 aromatic rings. The Morgan fingerprint density at radius 1 is 1.42 bits per heavy atom. The molecule has 0 saturated heterocycles. The third-order valence-corrected chi connectivity index (χ3v) is 1.82. The van der Waals surface area contributed by atoms with Gasteiger partial charge < -0.3 is 5.11 Å². The molecule has 1 atom stereocenters. The molecule has 0 aromatic heterocycles. The van der Waals surface area contributed by atoms with Gasteiger partial charge in [0.05, 0.1) is 6.42 Å². The fraction of sp³-hybridized carbons (Fsp3) is 1.00. The molecule has 0 rings (SSSR count). The quantitative estimate of drug-likeness (QED) is 0.371. The molecule has 7 heteroatoms. The third-order valence-electron chi connectivity index (χ3n) is 1.82.